The van der Waals surface area contributed by atoms with E-state index in [0.29, 0.717) is 11.4 Å². The summed E-state index contributed by atoms with van der Waals surface area (Å²) in [6, 6.07) is 0.114. The van der Waals surface area contributed by atoms with E-state index in [1.165, 1.54) is 0 Å². The molecule has 1 atom stereocenters. The second kappa shape index (κ2) is 6.21. The van der Waals surface area contributed by atoms with Crippen LogP contribution < -0.4 is 5.32 Å². The van der Waals surface area contributed by atoms with Crippen molar-refractivity contribution in [1.82, 2.24) is 19.6 Å². The van der Waals surface area contributed by atoms with Gasteiger partial charge in [-0.1, -0.05) is 12.1 Å². The van der Waals surface area contributed by atoms with Gasteiger partial charge in [0.05, 0.1) is 12.4 Å². The predicted molar refractivity (Wildman–Crippen MR) is 81.6 cm³/mol. The first-order valence-corrected chi connectivity index (χ1v) is 7.67. The molecule has 3 rings (SSSR count). The van der Waals surface area contributed by atoms with E-state index in [1.54, 1.807) is 12.5 Å². The highest BCUT2D eigenvalue weighted by Crippen LogP contribution is 2.24. The highest BCUT2D eigenvalue weighted by atomic mass is 16.5. The number of imidazole rings is 1. The zero-order valence-electron chi connectivity index (χ0n) is 13.0. The molecule has 2 amide bonds. The first-order valence-electron chi connectivity index (χ1n) is 7.67. The standard InChI is InChI=1S/C15H21N5O2/c1-3-13-14(11(2)22-18-13)17-15(21)20-7-4-5-12(20)9-19-8-6-16-10-19/h6,8,10,12H,3-5,7,9H2,1-2H3,(H,17,21)/t12-/m0/s1. The Balaban J connectivity index is 1.69. The monoisotopic (exact) mass is 303 g/mol. The van der Waals surface area contributed by atoms with Crippen molar-refractivity contribution in [3.63, 3.8) is 0 Å². The third-order valence-corrected chi connectivity index (χ3v) is 4.12. The van der Waals surface area contributed by atoms with Gasteiger partial charge in [0.1, 0.15) is 11.4 Å². The fourth-order valence-corrected chi connectivity index (χ4v) is 2.93. The van der Waals surface area contributed by atoms with Crippen molar-refractivity contribution < 1.29 is 9.32 Å². The summed E-state index contributed by atoms with van der Waals surface area (Å²) in [6.45, 7) is 5.35. The highest BCUT2D eigenvalue weighted by molar-refractivity contribution is 5.90. The number of urea groups is 1. The molecule has 0 unspecified atom stereocenters. The fourth-order valence-electron chi connectivity index (χ4n) is 2.93. The molecule has 22 heavy (non-hydrogen) atoms. The summed E-state index contributed by atoms with van der Waals surface area (Å²) in [5.41, 5.74) is 1.50. The first-order chi connectivity index (χ1) is 10.7. The summed E-state index contributed by atoms with van der Waals surface area (Å²) in [7, 11) is 0. The molecule has 2 aromatic heterocycles. The van der Waals surface area contributed by atoms with Crippen molar-refractivity contribution in [2.75, 3.05) is 11.9 Å². The zero-order valence-corrected chi connectivity index (χ0v) is 13.0. The van der Waals surface area contributed by atoms with E-state index in [4.69, 9.17) is 4.52 Å². The van der Waals surface area contributed by atoms with Crippen molar-refractivity contribution in [1.29, 1.82) is 0 Å². The van der Waals surface area contributed by atoms with Crippen molar-refractivity contribution in [2.24, 2.45) is 0 Å². The topological polar surface area (TPSA) is 76.2 Å². The fraction of sp³-hybridized carbons (Fsp3) is 0.533. The highest BCUT2D eigenvalue weighted by Gasteiger charge is 2.30. The van der Waals surface area contributed by atoms with Gasteiger partial charge in [-0.25, -0.2) is 9.78 Å². The van der Waals surface area contributed by atoms with Crippen LogP contribution in [0.5, 0.6) is 0 Å². The minimum Gasteiger partial charge on any atom is -0.359 e. The van der Waals surface area contributed by atoms with Crippen LogP contribution in [0.3, 0.4) is 0 Å². The van der Waals surface area contributed by atoms with Gasteiger partial charge in [-0.3, -0.25) is 0 Å². The van der Waals surface area contributed by atoms with Crippen LogP contribution in [0.25, 0.3) is 0 Å². The number of nitrogens with zero attached hydrogens (tertiary/aromatic N) is 4. The van der Waals surface area contributed by atoms with E-state index in [1.807, 2.05) is 29.5 Å². The Morgan fingerprint density at radius 1 is 1.55 bits per heavy atom. The van der Waals surface area contributed by atoms with Crippen LogP contribution in [0.1, 0.15) is 31.2 Å². The number of rotatable bonds is 4. The maximum Gasteiger partial charge on any atom is 0.322 e. The molecule has 1 aliphatic rings. The third-order valence-electron chi connectivity index (χ3n) is 4.12. The van der Waals surface area contributed by atoms with Crippen LogP contribution in [0, 0.1) is 6.92 Å². The number of aryl methyl sites for hydroxylation is 2. The molecule has 1 aliphatic heterocycles. The number of amides is 2. The van der Waals surface area contributed by atoms with E-state index < -0.39 is 0 Å². The van der Waals surface area contributed by atoms with Crippen LogP contribution in [0.4, 0.5) is 10.5 Å². The maximum absolute atomic E-state index is 12.6. The second-order valence-electron chi connectivity index (χ2n) is 5.59. The van der Waals surface area contributed by atoms with Crippen LogP contribution in [0.15, 0.2) is 23.2 Å². The SMILES string of the molecule is CCc1noc(C)c1NC(=O)N1CCC[C@H]1Cn1ccnc1. The second-order valence-corrected chi connectivity index (χ2v) is 5.59. The molecular weight excluding hydrogens is 282 g/mol. The average molecular weight is 303 g/mol. The number of carbonyl (C=O) groups excluding carboxylic acids is 1. The number of anilines is 1. The van der Waals surface area contributed by atoms with E-state index in [2.05, 4.69) is 15.5 Å². The third kappa shape index (κ3) is 2.84. The van der Waals surface area contributed by atoms with E-state index in [-0.39, 0.29) is 12.1 Å². The molecule has 118 valence electrons. The summed E-state index contributed by atoms with van der Waals surface area (Å²) in [6.07, 6.45) is 8.23. The van der Waals surface area contributed by atoms with Gasteiger partial charge in [-0.15, -0.1) is 0 Å². The summed E-state index contributed by atoms with van der Waals surface area (Å²) < 4.78 is 7.18. The lowest BCUT2D eigenvalue weighted by Gasteiger charge is -2.25. The number of carbonyl (C=O) groups is 1. The lowest BCUT2D eigenvalue weighted by molar-refractivity contribution is 0.201. The Bertz CT molecular complexity index is 634. The lowest BCUT2D eigenvalue weighted by atomic mass is 10.2. The van der Waals surface area contributed by atoms with E-state index in [0.717, 1.165) is 38.0 Å². The normalized spacial score (nSPS) is 17.9. The Hall–Kier alpha value is -2.31. The van der Waals surface area contributed by atoms with Gasteiger partial charge in [0.15, 0.2) is 5.76 Å². The van der Waals surface area contributed by atoms with Gasteiger partial charge in [0.25, 0.3) is 0 Å². The van der Waals surface area contributed by atoms with Gasteiger partial charge in [-0.05, 0) is 26.2 Å². The van der Waals surface area contributed by atoms with Gasteiger partial charge < -0.3 is 19.3 Å². The molecule has 2 aromatic rings. The Kier molecular flexibility index (Phi) is 4.13. The molecule has 0 aromatic carbocycles. The van der Waals surface area contributed by atoms with Gasteiger partial charge >= 0.3 is 6.03 Å². The number of aromatic nitrogens is 3. The first kappa shape index (κ1) is 14.6. The predicted octanol–water partition coefficient (Wildman–Crippen LogP) is 2.44. The molecule has 0 bridgehead atoms. The zero-order chi connectivity index (χ0) is 15.5. The van der Waals surface area contributed by atoms with Gasteiger partial charge in [0, 0.05) is 25.5 Å². The number of hydrogen-bond acceptors (Lipinski definition) is 4. The van der Waals surface area contributed by atoms with E-state index >= 15 is 0 Å². The molecule has 0 radical (unpaired) electrons. The van der Waals surface area contributed by atoms with Gasteiger partial charge in [-0.2, -0.15) is 0 Å². The molecule has 0 aliphatic carbocycles. The molecule has 3 heterocycles. The Labute approximate surface area is 129 Å². The summed E-state index contributed by atoms with van der Waals surface area (Å²) in [4.78, 5) is 18.5. The van der Waals surface area contributed by atoms with Crippen molar-refractivity contribution in [3.05, 3.63) is 30.2 Å². The average Bonchev–Trinajstić information content (AvgIpc) is 3.23. The smallest absolute Gasteiger partial charge is 0.322 e. The Morgan fingerprint density at radius 3 is 3.14 bits per heavy atom. The van der Waals surface area contributed by atoms with Crippen LogP contribution in [-0.2, 0) is 13.0 Å². The van der Waals surface area contributed by atoms with Crippen LogP contribution >= 0.6 is 0 Å². The van der Waals surface area contributed by atoms with E-state index in [9.17, 15) is 4.79 Å². The molecule has 1 saturated heterocycles. The van der Waals surface area contributed by atoms with Crippen LogP contribution in [0.2, 0.25) is 0 Å². The van der Waals surface area contributed by atoms with Crippen LogP contribution in [-0.4, -0.2) is 38.2 Å². The van der Waals surface area contributed by atoms with Crippen molar-refractivity contribution >= 4 is 11.7 Å². The summed E-state index contributed by atoms with van der Waals surface area (Å²) >= 11 is 0. The molecule has 0 spiro atoms. The minimum absolute atomic E-state index is 0.0800. The quantitative estimate of drug-likeness (QED) is 0.941. The lowest BCUT2D eigenvalue weighted by Crippen LogP contribution is -2.40. The number of hydrogen-bond donors (Lipinski definition) is 1. The summed E-state index contributed by atoms with van der Waals surface area (Å²) in [5.74, 6) is 0.649. The molecule has 1 fully saturated rings. The number of likely N-dealkylation sites (tertiary alicyclic amines) is 1. The largest absolute Gasteiger partial charge is 0.359 e. The molecule has 7 heteroatoms. The molecule has 1 N–H and O–H groups in total. The minimum atomic E-state index is -0.0800. The summed E-state index contributed by atoms with van der Waals surface area (Å²) in [5, 5.41) is 6.94. The van der Waals surface area contributed by atoms with Gasteiger partial charge in [0.2, 0.25) is 0 Å². The molecule has 7 nitrogen and oxygen atoms in total. The van der Waals surface area contributed by atoms with Crippen molar-refractivity contribution in [2.45, 2.75) is 45.7 Å². The molecule has 0 saturated carbocycles. The Morgan fingerprint density at radius 2 is 2.41 bits per heavy atom. The van der Waals surface area contributed by atoms with Crippen molar-refractivity contribution in [3.8, 4) is 0 Å². The number of nitrogens with one attached hydrogen (secondary N) is 1. The maximum atomic E-state index is 12.6. The molecular formula is C15H21N5O2.